The maximum Gasteiger partial charge on any atom is 0.282 e. The number of rotatable bonds is 3. The van der Waals surface area contributed by atoms with E-state index in [1.165, 1.54) is 0 Å². The zero-order valence-electron chi connectivity index (χ0n) is 9.17. The average molecular weight is 249 g/mol. The minimum absolute atomic E-state index is 0.259. The summed E-state index contributed by atoms with van der Waals surface area (Å²) in [5, 5.41) is 10.5. The highest BCUT2D eigenvalue weighted by molar-refractivity contribution is 7.16. The normalized spacial score (nSPS) is 10.2. The van der Waals surface area contributed by atoms with Gasteiger partial charge in [-0.1, -0.05) is 17.4 Å². The van der Waals surface area contributed by atoms with E-state index in [0.29, 0.717) is 6.54 Å². The minimum Gasteiger partial charge on any atom is -0.374 e. The van der Waals surface area contributed by atoms with Crippen LogP contribution in [-0.2, 0) is 6.54 Å². The van der Waals surface area contributed by atoms with Crippen LogP contribution in [0.1, 0.15) is 21.2 Å². The predicted molar refractivity (Wildman–Crippen MR) is 64.5 cm³/mol. The monoisotopic (exact) mass is 249 g/mol. The van der Waals surface area contributed by atoms with Crippen LogP contribution in [0.2, 0.25) is 0 Å². The summed E-state index contributed by atoms with van der Waals surface area (Å²) in [6.07, 6.45) is 0. The second-order valence-electron chi connectivity index (χ2n) is 3.40. The molecule has 3 N–H and O–H groups in total. The van der Waals surface area contributed by atoms with Gasteiger partial charge in [-0.15, -0.1) is 10.2 Å². The van der Waals surface area contributed by atoms with E-state index in [1.807, 2.05) is 25.1 Å². The van der Waals surface area contributed by atoms with Gasteiger partial charge in [0.2, 0.25) is 10.1 Å². The number of nitrogens with one attached hydrogen (secondary N) is 1. The molecule has 2 heterocycles. The van der Waals surface area contributed by atoms with Gasteiger partial charge < -0.3 is 11.1 Å². The number of anilines is 1. The van der Waals surface area contributed by atoms with Crippen LogP contribution < -0.4 is 11.1 Å². The number of nitrogens with zero attached hydrogens (tertiary/aromatic N) is 3. The molecule has 0 bridgehead atoms. The van der Waals surface area contributed by atoms with E-state index in [4.69, 9.17) is 5.73 Å². The molecule has 2 aromatic rings. The lowest BCUT2D eigenvalue weighted by molar-refractivity contribution is 0.0949. The smallest absolute Gasteiger partial charge is 0.282 e. The van der Waals surface area contributed by atoms with Gasteiger partial charge in [-0.2, -0.15) is 0 Å². The molecule has 0 fully saturated rings. The van der Waals surface area contributed by atoms with Crippen molar-refractivity contribution in [2.24, 2.45) is 0 Å². The molecule has 0 aliphatic carbocycles. The van der Waals surface area contributed by atoms with Crippen molar-refractivity contribution in [1.29, 1.82) is 0 Å². The predicted octanol–water partition coefficient (Wildman–Crippen LogP) is 0.754. The van der Waals surface area contributed by atoms with Crippen LogP contribution in [0.3, 0.4) is 0 Å². The molecular weight excluding hydrogens is 238 g/mol. The molecule has 2 rings (SSSR count). The van der Waals surface area contributed by atoms with Crippen molar-refractivity contribution in [3.05, 3.63) is 34.6 Å². The highest BCUT2D eigenvalue weighted by Gasteiger charge is 2.11. The summed E-state index contributed by atoms with van der Waals surface area (Å²) < 4.78 is 0. The molecular formula is C10H11N5OS. The Morgan fingerprint density at radius 2 is 2.29 bits per heavy atom. The van der Waals surface area contributed by atoms with Gasteiger partial charge >= 0.3 is 0 Å². The van der Waals surface area contributed by atoms with Gasteiger partial charge in [0.05, 0.1) is 12.2 Å². The molecule has 2 aromatic heterocycles. The van der Waals surface area contributed by atoms with Crippen LogP contribution in [0.15, 0.2) is 18.2 Å². The number of hydrogen-bond acceptors (Lipinski definition) is 6. The fourth-order valence-electron chi connectivity index (χ4n) is 1.27. The largest absolute Gasteiger partial charge is 0.374 e. The number of nitrogens with two attached hydrogens (primary N) is 1. The number of aromatic nitrogens is 3. The first-order valence-corrected chi connectivity index (χ1v) is 5.76. The third kappa shape index (κ3) is 2.97. The Labute approximate surface area is 102 Å². The number of hydrogen-bond donors (Lipinski definition) is 2. The molecule has 0 unspecified atom stereocenters. The molecule has 1 amide bonds. The van der Waals surface area contributed by atoms with Crippen LogP contribution in [-0.4, -0.2) is 21.1 Å². The molecule has 0 saturated heterocycles. The van der Waals surface area contributed by atoms with E-state index < -0.39 is 0 Å². The number of pyridine rings is 1. The van der Waals surface area contributed by atoms with Gasteiger partial charge in [-0.05, 0) is 19.1 Å². The topological polar surface area (TPSA) is 93.8 Å². The Balaban J connectivity index is 1.97. The first-order chi connectivity index (χ1) is 8.15. The SMILES string of the molecule is Cc1cccc(CNC(=O)c2nnc(N)s2)n1. The third-order valence-corrected chi connectivity index (χ3v) is 2.76. The van der Waals surface area contributed by atoms with Crippen LogP contribution >= 0.6 is 11.3 Å². The van der Waals surface area contributed by atoms with E-state index in [1.54, 1.807) is 0 Å². The van der Waals surface area contributed by atoms with Crippen LogP contribution in [0, 0.1) is 6.92 Å². The van der Waals surface area contributed by atoms with E-state index in [2.05, 4.69) is 20.5 Å². The summed E-state index contributed by atoms with van der Waals surface area (Å²) >= 11 is 1.06. The first kappa shape index (κ1) is 11.5. The average Bonchev–Trinajstić information content (AvgIpc) is 2.73. The first-order valence-electron chi connectivity index (χ1n) is 4.95. The fraction of sp³-hybridized carbons (Fsp3) is 0.200. The van der Waals surface area contributed by atoms with Gasteiger partial charge in [0, 0.05) is 5.69 Å². The van der Waals surface area contributed by atoms with Gasteiger partial charge in [0.1, 0.15) is 0 Å². The molecule has 0 aliphatic heterocycles. The zero-order chi connectivity index (χ0) is 12.3. The van der Waals surface area contributed by atoms with Crippen molar-refractivity contribution < 1.29 is 4.79 Å². The Kier molecular flexibility index (Phi) is 3.29. The molecule has 0 radical (unpaired) electrons. The highest BCUT2D eigenvalue weighted by atomic mass is 32.1. The zero-order valence-corrected chi connectivity index (χ0v) is 9.99. The fourth-order valence-corrected chi connectivity index (χ4v) is 1.80. The summed E-state index contributed by atoms with van der Waals surface area (Å²) in [5.41, 5.74) is 7.11. The lowest BCUT2D eigenvalue weighted by Crippen LogP contribution is -2.23. The summed E-state index contributed by atoms with van der Waals surface area (Å²) in [7, 11) is 0. The van der Waals surface area contributed by atoms with E-state index >= 15 is 0 Å². The van der Waals surface area contributed by atoms with Crippen molar-refractivity contribution in [2.75, 3.05) is 5.73 Å². The van der Waals surface area contributed by atoms with Crippen molar-refractivity contribution in [3.8, 4) is 0 Å². The van der Waals surface area contributed by atoms with Crippen LogP contribution in [0.25, 0.3) is 0 Å². The number of nitrogen functional groups attached to an aromatic ring is 1. The van der Waals surface area contributed by atoms with E-state index in [9.17, 15) is 4.79 Å². The minimum atomic E-state index is -0.289. The molecule has 88 valence electrons. The number of amides is 1. The van der Waals surface area contributed by atoms with Gasteiger partial charge in [-0.3, -0.25) is 9.78 Å². The van der Waals surface area contributed by atoms with Crippen molar-refractivity contribution in [2.45, 2.75) is 13.5 Å². The summed E-state index contributed by atoms with van der Waals surface area (Å²) in [6.45, 7) is 2.26. The van der Waals surface area contributed by atoms with E-state index in [0.717, 1.165) is 22.7 Å². The van der Waals surface area contributed by atoms with Gasteiger partial charge in [0.15, 0.2) is 0 Å². The Morgan fingerprint density at radius 1 is 1.47 bits per heavy atom. The standard InChI is InChI=1S/C10H11N5OS/c1-6-3-2-4-7(13-6)5-12-8(16)9-14-15-10(11)17-9/h2-4H,5H2,1H3,(H2,11,15)(H,12,16). The van der Waals surface area contributed by atoms with Crippen molar-refractivity contribution in [1.82, 2.24) is 20.5 Å². The molecule has 6 nitrogen and oxygen atoms in total. The second-order valence-corrected chi connectivity index (χ2v) is 4.41. The Morgan fingerprint density at radius 3 is 2.94 bits per heavy atom. The van der Waals surface area contributed by atoms with Gasteiger partial charge in [0.25, 0.3) is 5.91 Å². The number of carbonyl (C=O) groups is 1. The van der Waals surface area contributed by atoms with Crippen molar-refractivity contribution >= 4 is 22.4 Å². The lowest BCUT2D eigenvalue weighted by Gasteiger charge is -2.02. The molecule has 0 spiro atoms. The third-order valence-electron chi connectivity index (χ3n) is 2.01. The van der Waals surface area contributed by atoms with Crippen LogP contribution in [0.4, 0.5) is 5.13 Å². The maximum absolute atomic E-state index is 11.6. The Bertz CT molecular complexity index is 539. The molecule has 0 atom stereocenters. The number of aryl methyl sites for hydroxylation is 1. The van der Waals surface area contributed by atoms with Crippen molar-refractivity contribution in [3.63, 3.8) is 0 Å². The molecule has 17 heavy (non-hydrogen) atoms. The summed E-state index contributed by atoms with van der Waals surface area (Å²) in [4.78, 5) is 15.9. The lowest BCUT2D eigenvalue weighted by atomic mass is 10.3. The number of carbonyl (C=O) groups excluding carboxylic acids is 1. The van der Waals surface area contributed by atoms with E-state index in [-0.39, 0.29) is 16.0 Å². The molecule has 0 aliphatic rings. The second kappa shape index (κ2) is 4.88. The molecule has 7 heteroatoms. The van der Waals surface area contributed by atoms with Crippen LogP contribution in [0.5, 0.6) is 0 Å². The molecule has 0 saturated carbocycles. The quantitative estimate of drug-likeness (QED) is 0.837. The van der Waals surface area contributed by atoms with Gasteiger partial charge in [-0.25, -0.2) is 0 Å². The Hall–Kier alpha value is -2.02. The molecule has 0 aromatic carbocycles. The summed E-state index contributed by atoms with van der Waals surface area (Å²) in [5.74, 6) is -0.289. The highest BCUT2D eigenvalue weighted by Crippen LogP contribution is 2.10. The maximum atomic E-state index is 11.6. The summed E-state index contributed by atoms with van der Waals surface area (Å²) in [6, 6.07) is 5.64.